The highest BCUT2D eigenvalue weighted by Crippen LogP contribution is 2.29. The number of carbonyl (C=O) groups is 3. The van der Waals surface area contributed by atoms with Crippen LogP contribution in [0, 0.1) is 5.92 Å². The van der Waals surface area contributed by atoms with Crippen LogP contribution in [0.2, 0.25) is 0 Å². The van der Waals surface area contributed by atoms with E-state index in [2.05, 4.69) is 0 Å². The third-order valence-electron chi connectivity index (χ3n) is 4.48. The zero-order chi connectivity index (χ0) is 17.8. The van der Waals surface area contributed by atoms with E-state index in [4.69, 9.17) is 4.74 Å². The van der Waals surface area contributed by atoms with Crippen LogP contribution in [0.4, 0.5) is 0 Å². The van der Waals surface area contributed by atoms with Crippen molar-refractivity contribution in [3.05, 3.63) is 65.7 Å². The Hall–Kier alpha value is -2.95. The lowest BCUT2D eigenvalue weighted by Gasteiger charge is -2.25. The minimum Gasteiger partial charge on any atom is -0.426 e. The van der Waals surface area contributed by atoms with E-state index in [1.54, 1.807) is 29.2 Å². The second-order valence-electron chi connectivity index (χ2n) is 6.14. The molecule has 0 bridgehead atoms. The van der Waals surface area contributed by atoms with Crippen molar-refractivity contribution >= 4 is 18.2 Å². The minimum atomic E-state index is -0.482. The first-order chi connectivity index (χ1) is 12.1. The SMILES string of the molecule is C[C@@H](c1ccccc1)N1C[C@H](C(=O)Oc2ccc(C=O)cc2)CC1=O. The lowest BCUT2D eigenvalue weighted by atomic mass is 10.1. The Morgan fingerprint density at radius 1 is 1.16 bits per heavy atom. The van der Waals surface area contributed by atoms with Gasteiger partial charge in [0, 0.05) is 18.5 Å². The highest BCUT2D eigenvalue weighted by Gasteiger charge is 2.38. The van der Waals surface area contributed by atoms with E-state index >= 15 is 0 Å². The van der Waals surface area contributed by atoms with Crippen molar-refractivity contribution in [3.63, 3.8) is 0 Å². The fourth-order valence-corrected chi connectivity index (χ4v) is 2.99. The molecule has 1 amide bonds. The van der Waals surface area contributed by atoms with Gasteiger partial charge in [-0.3, -0.25) is 14.4 Å². The number of esters is 1. The molecule has 0 N–H and O–H groups in total. The summed E-state index contributed by atoms with van der Waals surface area (Å²) in [5.41, 5.74) is 1.55. The number of hydrogen-bond donors (Lipinski definition) is 0. The first-order valence-corrected chi connectivity index (χ1v) is 8.20. The molecule has 0 aliphatic carbocycles. The van der Waals surface area contributed by atoms with Crippen molar-refractivity contribution in [2.24, 2.45) is 5.92 Å². The molecule has 0 unspecified atom stereocenters. The van der Waals surface area contributed by atoms with Crippen molar-refractivity contribution < 1.29 is 19.1 Å². The molecular formula is C20H19NO4. The monoisotopic (exact) mass is 337 g/mol. The highest BCUT2D eigenvalue weighted by atomic mass is 16.5. The molecule has 2 aromatic carbocycles. The Bertz CT molecular complexity index is 770. The summed E-state index contributed by atoms with van der Waals surface area (Å²) in [5, 5.41) is 0. The van der Waals surface area contributed by atoms with Gasteiger partial charge >= 0.3 is 5.97 Å². The van der Waals surface area contributed by atoms with Gasteiger partial charge < -0.3 is 9.64 Å². The number of carbonyl (C=O) groups excluding carboxylic acids is 3. The molecule has 1 aliphatic heterocycles. The topological polar surface area (TPSA) is 63.7 Å². The van der Waals surface area contributed by atoms with Crippen molar-refractivity contribution in [2.45, 2.75) is 19.4 Å². The van der Waals surface area contributed by atoms with E-state index in [-0.39, 0.29) is 18.4 Å². The van der Waals surface area contributed by atoms with Crippen LogP contribution in [0.5, 0.6) is 5.75 Å². The van der Waals surface area contributed by atoms with Crippen molar-refractivity contribution in [1.82, 2.24) is 4.90 Å². The van der Waals surface area contributed by atoms with Gasteiger partial charge in [0.15, 0.2) is 0 Å². The molecule has 0 aromatic heterocycles. The van der Waals surface area contributed by atoms with Crippen LogP contribution in [0.3, 0.4) is 0 Å². The first-order valence-electron chi connectivity index (χ1n) is 8.20. The van der Waals surface area contributed by atoms with E-state index in [1.807, 2.05) is 37.3 Å². The lowest BCUT2D eigenvalue weighted by molar-refractivity contribution is -0.139. The molecular weight excluding hydrogens is 318 g/mol. The Kier molecular flexibility index (Phi) is 4.93. The van der Waals surface area contributed by atoms with Crippen LogP contribution < -0.4 is 4.74 Å². The van der Waals surface area contributed by atoms with E-state index in [9.17, 15) is 14.4 Å². The molecule has 2 atom stereocenters. The average molecular weight is 337 g/mol. The Balaban J connectivity index is 1.65. The summed E-state index contributed by atoms with van der Waals surface area (Å²) in [7, 11) is 0. The van der Waals surface area contributed by atoms with Crippen molar-refractivity contribution in [3.8, 4) is 5.75 Å². The van der Waals surface area contributed by atoms with E-state index in [0.717, 1.165) is 11.8 Å². The summed E-state index contributed by atoms with van der Waals surface area (Å²) in [6, 6.07) is 16.0. The number of nitrogens with zero attached hydrogens (tertiary/aromatic N) is 1. The van der Waals surface area contributed by atoms with Gasteiger partial charge in [0.1, 0.15) is 12.0 Å². The molecule has 128 valence electrons. The predicted molar refractivity (Wildman–Crippen MR) is 92.1 cm³/mol. The van der Waals surface area contributed by atoms with Crippen LogP contribution in [0.1, 0.15) is 35.3 Å². The Morgan fingerprint density at radius 3 is 2.48 bits per heavy atom. The van der Waals surface area contributed by atoms with Crippen LogP contribution in [-0.4, -0.2) is 29.6 Å². The fraction of sp³-hybridized carbons (Fsp3) is 0.250. The molecule has 5 heteroatoms. The van der Waals surface area contributed by atoms with Crippen LogP contribution in [0.25, 0.3) is 0 Å². The molecule has 1 saturated heterocycles. The standard InChI is InChI=1S/C20H19NO4/c1-14(16-5-3-2-4-6-16)21-12-17(11-19(21)23)20(24)25-18-9-7-15(13-22)8-10-18/h2-10,13-14,17H,11-12H2,1H3/t14-,17+/m0/s1. The number of benzene rings is 2. The van der Waals surface area contributed by atoms with Gasteiger partial charge in [-0.25, -0.2) is 0 Å². The molecule has 0 spiro atoms. The molecule has 0 saturated carbocycles. The molecule has 1 fully saturated rings. The Labute approximate surface area is 146 Å². The molecule has 25 heavy (non-hydrogen) atoms. The summed E-state index contributed by atoms with van der Waals surface area (Å²) < 4.78 is 5.35. The maximum absolute atomic E-state index is 12.3. The fourth-order valence-electron chi connectivity index (χ4n) is 2.99. The zero-order valence-corrected chi connectivity index (χ0v) is 13.9. The largest absolute Gasteiger partial charge is 0.426 e. The summed E-state index contributed by atoms with van der Waals surface area (Å²) in [6.45, 7) is 2.30. The normalized spacial score (nSPS) is 18.0. The van der Waals surface area contributed by atoms with E-state index < -0.39 is 11.9 Å². The predicted octanol–water partition coefficient (Wildman–Crippen LogP) is 3.01. The zero-order valence-electron chi connectivity index (χ0n) is 13.9. The third-order valence-corrected chi connectivity index (χ3v) is 4.48. The second kappa shape index (κ2) is 7.30. The summed E-state index contributed by atoms with van der Waals surface area (Å²) in [6.07, 6.45) is 0.881. The molecule has 1 heterocycles. The molecule has 0 radical (unpaired) electrons. The molecule has 5 nitrogen and oxygen atoms in total. The third kappa shape index (κ3) is 3.76. The maximum atomic E-state index is 12.3. The summed E-state index contributed by atoms with van der Waals surface area (Å²) in [5.74, 6) is -0.577. The number of ether oxygens (including phenoxy) is 1. The van der Waals surface area contributed by atoms with Gasteiger partial charge in [-0.1, -0.05) is 30.3 Å². The smallest absolute Gasteiger partial charge is 0.316 e. The number of amides is 1. The second-order valence-corrected chi connectivity index (χ2v) is 6.14. The minimum absolute atomic E-state index is 0.0467. The van der Waals surface area contributed by atoms with E-state index in [1.165, 1.54) is 0 Å². The van der Waals surface area contributed by atoms with Crippen LogP contribution in [0.15, 0.2) is 54.6 Å². The highest BCUT2D eigenvalue weighted by molar-refractivity contribution is 5.88. The number of rotatable bonds is 5. The maximum Gasteiger partial charge on any atom is 0.316 e. The first kappa shape index (κ1) is 16.9. The van der Waals surface area contributed by atoms with Crippen LogP contribution >= 0.6 is 0 Å². The Morgan fingerprint density at radius 2 is 1.84 bits per heavy atom. The summed E-state index contributed by atoms with van der Waals surface area (Å²) in [4.78, 5) is 37.0. The number of hydrogen-bond acceptors (Lipinski definition) is 4. The van der Waals surface area contributed by atoms with Gasteiger partial charge in [0.25, 0.3) is 0 Å². The van der Waals surface area contributed by atoms with Gasteiger partial charge in [0.05, 0.1) is 12.0 Å². The lowest BCUT2D eigenvalue weighted by Crippen LogP contribution is -2.30. The summed E-state index contributed by atoms with van der Waals surface area (Å²) >= 11 is 0. The molecule has 2 aromatic rings. The number of aldehydes is 1. The van der Waals surface area contributed by atoms with Gasteiger partial charge in [-0.15, -0.1) is 0 Å². The molecule has 1 aliphatic rings. The van der Waals surface area contributed by atoms with Crippen molar-refractivity contribution in [1.29, 1.82) is 0 Å². The van der Waals surface area contributed by atoms with Crippen LogP contribution in [-0.2, 0) is 9.59 Å². The quantitative estimate of drug-likeness (QED) is 0.478. The van der Waals surface area contributed by atoms with Gasteiger partial charge in [0.2, 0.25) is 5.91 Å². The molecule has 3 rings (SSSR count). The van der Waals surface area contributed by atoms with Gasteiger partial charge in [-0.2, -0.15) is 0 Å². The van der Waals surface area contributed by atoms with E-state index in [0.29, 0.717) is 17.9 Å². The average Bonchev–Trinajstić information content (AvgIpc) is 3.04. The van der Waals surface area contributed by atoms with Crippen molar-refractivity contribution in [2.75, 3.05) is 6.54 Å². The van der Waals surface area contributed by atoms with Gasteiger partial charge in [-0.05, 0) is 36.8 Å². The number of likely N-dealkylation sites (tertiary alicyclic amines) is 1.